The Morgan fingerprint density at radius 3 is 2.93 bits per heavy atom. The van der Waals surface area contributed by atoms with Crippen LogP contribution in [0.2, 0.25) is 0 Å². The Labute approximate surface area is 111 Å². The average Bonchev–Trinajstić information content (AvgIpc) is 2.17. The molecule has 0 bridgehead atoms. The maximum Gasteiger partial charge on any atom is 0.142 e. The zero-order valence-corrected chi connectivity index (χ0v) is 11.7. The maximum absolute atomic E-state index is 5.53. The molecule has 1 aromatic carbocycles. The largest absolute Gasteiger partial charge is 0.488 e. The number of hydrogen-bond acceptors (Lipinski definition) is 3. The van der Waals surface area contributed by atoms with E-state index in [0.717, 1.165) is 19.4 Å². The molecule has 0 radical (unpaired) electrons. The van der Waals surface area contributed by atoms with Gasteiger partial charge in [-0.3, -0.25) is 0 Å². The van der Waals surface area contributed by atoms with E-state index in [1.807, 2.05) is 12.1 Å². The van der Waals surface area contributed by atoms with Crippen molar-refractivity contribution in [1.29, 1.82) is 0 Å². The van der Waals surface area contributed by atoms with Gasteiger partial charge in [-0.15, -0.1) is 0 Å². The molecule has 3 nitrogen and oxygen atoms in total. The van der Waals surface area contributed by atoms with E-state index in [1.165, 1.54) is 0 Å². The molecular formula is C10H10BrIN2O. The third kappa shape index (κ3) is 3.49. The Hall–Kier alpha value is -0.560. The second-order valence-corrected chi connectivity index (χ2v) is 4.76. The summed E-state index contributed by atoms with van der Waals surface area (Å²) in [5, 5.41) is 3.50. The summed E-state index contributed by atoms with van der Waals surface area (Å²) in [5.41, 5.74) is 0.845. The van der Waals surface area contributed by atoms with Gasteiger partial charge >= 0.3 is 0 Å². The summed E-state index contributed by atoms with van der Waals surface area (Å²) in [5.74, 6) is 5.91. The molecule has 80 valence electrons. The van der Waals surface area contributed by atoms with Gasteiger partial charge in [-0.1, -0.05) is 28.6 Å². The fourth-order valence-corrected chi connectivity index (χ4v) is 2.76. The lowest BCUT2D eigenvalue weighted by Crippen LogP contribution is -2.00. The number of hydrogen-bond donors (Lipinski definition) is 1. The van der Waals surface area contributed by atoms with Crippen molar-refractivity contribution in [3.63, 3.8) is 0 Å². The number of nitrogens with zero attached hydrogens (tertiary/aromatic N) is 1. The third-order valence-electron chi connectivity index (χ3n) is 1.60. The summed E-state index contributed by atoms with van der Waals surface area (Å²) in [6.07, 6.45) is 3.26. The topological polar surface area (TPSA) is 47.6 Å². The molecule has 0 saturated heterocycles. The van der Waals surface area contributed by atoms with Crippen LogP contribution in [-0.2, 0) is 0 Å². The number of ether oxygens (including phenoxy) is 1. The fourth-order valence-electron chi connectivity index (χ4n) is 1.05. The van der Waals surface area contributed by atoms with Crippen molar-refractivity contribution in [3.05, 3.63) is 38.4 Å². The summed E-state index contributed by atoms with van der Waals surface area (Å²) in [6, 6.07) is 3.86. The monoisotopic (exact) mass is 380 g/mol. The van der Waals surface area contributed by atoms with Crippen LogP contribution in [0.25, 0.3) is 0 Å². The molecular weight excluding hydrogens is 371 g/mol. The van der Waals surface area contributed by atoms with Crippen LogP contribution in [0.5, 0.6) is 5.75 Å². The molecule has 1 rings (SSSR count). The predicted molar refractivity (Wildman–Crippen MR) is 74.3 cm³/mol. The van der Waals surface area contributed by atoms with E-state index < -0.39 is 0 Å². The number of nitrogens with two attached hydrogens (primary N) is 1. The normalized spacial score (nSPS) is 10.5. The standard InChI is InChI=1S/C10H10BrIN2O/c1-2-3-15-10-7(6-14-13)4-8(11)5-9(10)12/h2,4-6H,1,3,13H2. The van der Waals surface area contributed by atoms with Gasteiger partial charge in [-0.2, -0.15) is 5.10 Å². The van der Waals surface area contributed by atoms with Crippen LogP contribution in [0.3, 0.4) is 0 Å². The van der Waals surface area contributed by atoms with E-state index in [-0.39, 0.29) is 0 Å². The van der Waals surface area contributed by atoms with Crippen LogP contribution >= 0.6 is 38.5 Å². The van der Waals surface area contributed by atoms with Gasteiger partial charge in [0.05, 0.1) is 9.78 Å². The van der Waals surface area contributed by atoms with E-state index in [0.29, 0.717) is 6.61 Å². The SMILES string of the molecule is C=CCOc1c(I)cc(Br)cc1C=NN. The van der Waals surface area contributed by atoms with E-state index >= 15 is 0 Å². The van der Waals surface area contributed by atoms with Crippen LogP contribution < -0.4 is 10.6 Å². The molecule has 0 heterocycles. The first-order valence-corrected chi connectivity index (χ1v) is 6.02. The second-order valence-electron chi connectivity index (χ2n) is 2.68. The molecule has 0 aromatic heterocycles. The lowest BCUT2D eigenvalue weighted by Gasteiger charge is -2.09. The summed E-state index contributed by atoms with van der Waals surface area (Å²) in [4.78, 5) is 0. The van der Waals surface area contributed by atoms with Gasteiger partial charge in [0.15, 0.2) is 0 Å². The number of halogens is 2. The van der Waals surface area contributed by atoms with Gasteiger partial charge in [0, 0.05) is 10.0 Å². The molecule has 0 aliphatic rings. The zero-order chi connectivity index (χ0) is 11.3. The van der Waals surface area contributed by atoms with Gasteiger partial charge in [0.2, 0.25) is 0 Å². The molecule has 0 aliphatic carbocycles. The highest BCUT2D eigenvalue weighted by Gasteiger charge is 2.08. The molecule has 0 saturated carbocycles. The first kappa shape index (κ1) is 12.5. The van der Waals surface area contributed by atoms with Crippen molar-refractivity contribution in [2.24, 2.45) is 10.9 Å². The number of rotatable bonds is 4. The molecule has 0 unspecified atom stereocenters. The highest BCUT2D eigenvalue weighted by atomic mass is 127. The van der Waals surface area contributed by atoms with Gasteiger partial charge in [0.1, 0.15) is 12.4 Å². The Morgan fingerprint density at radius 1 is 1.60 bits per heavy atom. The Morgan fingerprint density at radius 2 is 2.33 bits per heavy atom. The van der Waals surface area contributed by atoms with Crippen molar-refractivity contribution in [2.75, 3.05) is 6.61 Å². The summed E-state index contributed by atoms with van der Waals surface area (Å²) >= 11 is 5.60. The summed E-state index contributed by atoms with van der Waals surface area (Å²) < 4.78 is 7.50. The lowest BCUT2D eigenvalue weighted by molar-refractivity contribution is 0.360. The van der Waals surface area contributed by atoms with Crippen LogP contribution in [0.4, 0.5) is 0 Å². The summed E-state index contributed by atoms with van der Waals surface area (Å²) in [6.45, 7) is 4.06. The summed E-state index contributed by atoms with van der Waals surface area (Å²) in [7, 11) is 0. The van der Waals surface area contributed by atoms with Crippen LogP contribution in [0.15, 0.2) is 34.4 Å². The quantitative estimate of drug-likeness (QED) is 0.287. The van der Waals surface area contributed by atoms with Crippen molar-refractivity contribution in [3.8, 4) is 5.75 Å². The Bertz CT molecular complexity index is 393. The highest BCUT2D eigenvalue weighted by molar-refractivity contribution is 14.1. The smallest absolute Gasteiger partial charge is 0.142 e. The Balaban J connectivity index is 3.13. The molecule has 0 aliphatic heterocycles. The van der Waals surface area contributed by atoms with E-state index in [1.54, 1.807) is 12.3 Å². The third-order valence-corrected chi connectivity index (χ3v) is 2.86. The van der Waals surface area contributed by atoms with Gasteiger partial charge in [-0.25, -0.2) is 0 Å². The van der Waals surface area contributed by atoms with E-state index in [4.69, 9.17) is 10.6 Å². The van der Waals surface area contributed by atoms with Crippen molar-refractivity contribution >= 4 is 44.7 Å². The molecule has 0 spiro atoms. The predicted octanol–water partition coefficient (Wildman–Crippen LogP) is 2.91. The Kier molecular flexibility index (Phi) is 5.10. The average molecular weight is 381 g/mol. The molecule has 15 heavy (non-hydrogen) atoms. The van der Waals surface area contributed by atoms with Crippen LogP contribution in [0, 0.1) is 3.57 Å². The van der Waals surface area contributed by atoms with E-state index in [9.17, 15) is 0 Å². The van der Waals surface area contributed by atoms with Gasteiger partial charge < -0.3 is 10.6 Å². The van der Waals surface area contributed by atoms with Gasteiger partial charge in [0.25, 0.3) is 0 Å². The number of hydrazone groups is 1. The first-order valence-electron chi connectivity index (χ1n) is 4.15. The van der Waals surface area contributed by atoms with Gasteiger partial charge in [-0.05, 0) is 34.7 Å². The molecule has 5 heteroatoms. The molecule has 0 atom stereocenters. The highest BCUT2D eigenvalue weighted by Crippen LogP contribution is 2.28. The lowest BCUT2D eigenvalue weighted by atomic mass is 10.2. The first-order chi connectivity index (χ1) is 7.19. The maximum atomic E-state index is 5.53. The van der Waals surface area contributed by atoms with Crippen LogP contribution in [0.1, 0.15) is 5.56 Å². The minimum absolute atomic E-state index is 0.461. The molecule has 1 aromatic rings. The number of benzene rings is 1. The van der Waals surface area contributed by atoms with Crippen molar-refractivity contribution < 1.29 is 4.74 Å². The second kappa shape index (κ2) is 6.12. The minimum atomic E-state index is 0.461. The molecule has 0 fully saturated rings. The molecule has 0 amide bonds. The van der Waals surface area contributed by atoms with E-state index in [2.05, 4.69) is 50.2 Å². The fraction of sp³-hybridized carbons (Fsp3) is 0.100. The van der Waals surface area contributed by atoms with Crippen molar-refractivity contribution in [1.82, 2.24) is 0 Å². The van der Waals surface area contributed by atoms with Crippen LogP contribution in [-0.4, -0.2) is 12.8 Å². The zero-order valence-electron chi connectivity index (χ0n) is 7.91. The minimum Gasteiger partial charge on any atom is -0.488 e. The van der Waals surface area contributed by atoms with Crippen molar-refractivity contribution in [2.45, 2.75) is 0 Å². The molecule has 2 N–H and O–H groups in total.